The van der Waals surface area contributed by atoms with Crippen molar-refractivity contribution in [1.82, 2.24) is 10.6 Å². The van der Waals surface area contributed by atoms with Crippen molar-refractivity contribution in [3.05, 3.63) is 35.6 Å². The van der Waals surface area contributed by atoms with Crippen LogP contribution in [0.1, 0.15) is 37.7 Å². The summed E-state index contributed by atoms with van der Waals surface area (Å²) in [5.74, 6) is -0.492. The van der Waals surface area contributed by atoms with Crippen LogP contribution in [-0.2, 0) is 16.0 Å². The van der Waals surface area contributed by atoms with E-state index in [2.05, 4.69) is 10.6 Å². The van der Waals surface area contributed by atoms with E-state index in [0.717, 1.165) is 12.8 Å². The van der Waals surface area contributed by atoms with Crippen molar-refractivity contribution in [2.24, 2.45) is 11.7 Å². The Morgan fingerprint density at radius 1 is 1.21 bits per heavy atom. The molecule has 4 N–H and O–H groups in total. The Labute approximate surface area is 142 Å². The lowest BCUT2D eigenvalue weighted by Crippen LogP contribution is -2.49. The van der Waals surface area contributed by atoms with Crippen LogP contribution >= 0.6 is 0 Å². The molecule has 1 aliphatic rings. The number of halogens is 1. The highest BCUT2D eigenvalue weighted by molar-refractivity contribution is 5.85. The van der Waals surface area contributed by atoms with Crippen molar-refractivity contribution in [3.63, 3.8) is 0 Å². The molecule has 0 heterocycles. The Hall–Kier alpha value is -1.95. The minimum absolute atomic E-state index is 0.0297. The highest BCUT2D eigenvalue weighted by Gasteiger charge is 2.23. The van der Waals surface area contributed by atoms with E-state index in [0.29, 0.717) is 18.0 Å². The molecule has 2 rings (SSSR count). The van der Waals surface area contributed by atoms with Crippen molar-refractivity contribution in [3.8, 4) is 0 Å². The second-order valence-electron chi connectivity index (χ2n) is 6.39. The van der Waals surface area contributed by atoms with Gasteiger partial charge in [0.25, 0.3) is 0 Å². The number of nitrogens with two attached hydrogens (primary N) is 1. The van der Waals surface area contributed by atoms with E-state index in [1.165, 1.54) is 31.4 Å². The topological polar surface area (TPSA) is 84.2 Å². The third-order valence-corrected chi connectivity index (χ3v) is 4.52. The average Bonchev–Trinajstić information content (AvgIpc) is 2.58. The van der Waals surface area contributed by atoms with Crippen LogP contribution in [-0.4, -0.2) is 30.9 Å². The zero-order valence-electron chi connectivity index (χ0n) is 13.9. The number of nitrogens with one attached hydrogen (secondary N) is 2. The number of rotatable bonds is 7. The maximum atomic E-state index is 13.1. The Morgan fingerprint density at radius 3 is 2.62 bits per heavy atom. The molecular weight excluding hydrogens is 309 g/mol. The Kier molecular flexibility index (Phi) is 7.18. The van der Waals surface area contributed by atoms with Crippen molar-refractivity contribution >= 4 is 11.8 Å². The number of carbonyl (C=O) groups excluding carboxylic acids is 2. The van der Waals surface area contributed by atoms with Crippen LogP contribution in [0.5, 0.6) is 0 Å². The Morgan fingerprint density at radius 2 is 1.96 bits per heavy atom. The molecule has 1 atom stereocenters. The molecule has 1 fully saturated rings. The van der Waals surface area contributed by atoms with Gasteiger partial charge >= 0.3 is 0 Å². The normalized spacial score (nSPS) is 16.4. The maximum Gasteiger partial charge on any atom is 0.239 e. The van der Waals surface area contributed by atoms with Crippen LogP contribution in [0.15, 0.2) is 24.3 Å². The van der Waals surface area contributed by atoms with Gasteiger partial charge in [-0.05, 0) is 36.5 Å². The fourth-order valence-electron chi connectivity index (χ4n) is 3.24. The first-order valence-electron chi connectivity index (χ1n) is 8.59. The molecule has 1 aromatic rings. The van der Waals surface area contributed by atoms with E-state index in [1.807, 2.05) is 0 Å². The Bertz CT molecular complexity index is 559. The van der Waals surface area contributed by atoms with Gasteiger partial charge in [0.1, 0.15) is 5.82 Å². The molecule has 5 nitrogen and oxygen atoms in total. The highest BCUT2D eigenvalue weighted by atomic mass is 19.1. The molecule has 0 bridgehead atoms. The standard InChI is InChI=1S/C18H26FN3O2/c19-15-8-4-5-13(9-15)10-17(23)21-12-18(24)22-16(11-20)14-6-2-1-3-7-14/h4-5,8-9,14,16H,1-3,6-7,10-12,20H2,(H,21,23)(H,22,24). The summed E-state index contributed by atoms with van der Waals surface area (Å²) in [6.45, 7) is 0.324. The van der Waals surface area contributed by atoms with Crippen molar-refractivity contribution in [2.45, 2.75) is 44.6 Å². The van der Waals surface area contributed by atoms with Crippen LogP contribution in [0.2, 0.25) is 0 Å². The second-order valence-corrected chi connectivity index (χ2v) is 6.39. The van der Waals surface area contributed by atoms with Crippen LogP contribution in [0.4, 0.5) is 4.39 Å². The minimum Gasteiger partial charge on any atom is -0.350 e. The van der Waals surface area contributed by atoms with E-state index in [-0.39, 0.29) is 36.6 Å². The lowest BCUT2D eigenvalue weighted by Gasteiger charge is -2.30. The molecule has 2 amide bonds. The molecular formula is C18H26FN3O2. The molecule has 0 aliphatic heterocycles. The van der Waals surface area contributed by atoms with Gasteiger partial charge in [-0.25, -0.2) is 4.39 Å². The first kappa shape index (κ1) is 18.4. The second kappa shape index (κ2) is 9.37. The Balaban J connectivity index is 1.74. The molecule has 1 unspecified atom stereocenters. The zero-order valence-corrected chi connectivity index (χ0v) is 13.9. The summed E-state index contributed by atoms with van der Waals surface area (Å²) >= 11 is 0. The number of carbonyl (C=O) groups is 2. The molecule has 1 aliphatic carbocycles. The quantitative estimate of drug-likeness (QED) is 0.706. The van der Waals surface area contributed by atoms with Gasteiger partial charge in [-0.1, -0.05) is 31.4 Å². The lowest BCUT2D eigenvalue weighted by atomic mass is 9.84. The third kappa shape index (κ3) is 5.92. The van der Waals surface area contributed by atoms with Gasteiger partial charge in [-0.3, -0.25) is 9.59 Å². The van der Waals surface area contributed by atoms with Crippen molar-refractivity contribution in [2.75, 3.05) is 13.1 Å². The summed E-state index contributed by atoms with van der Waals surface area (Å²) in [5, 5.41) is 5.49. The van der Waals surface area contributed by atoms with Gasteiger partial charge < -0.3 is 16.4 Å². The number of hydrogen-bond acceptors (Lipinski definition) is 3. The fourth-order valence-corrected chi connectivity index (χ4v) is 3.24. The highest BCUT2D eigenvalue weighted by Crippen LogP contribution is 2.26. The van der Waals surface area contributed by atoms with E-state index in [9.17, 15) is 14.0 Å². The molecule has 0 radical (unpaired) electrons. The molecule has 0 spiro atoms. The molecule has 6 heteroatoms. The number of hydrogen-bond donors (Lipinski definition) is 3. The monoisotopic (exact) mass is 335 g/mol. The number of benzene rings is 1. The van der Waals surface area contributed by atoms with E-state index < -0.39 is 0 Å². The summed E-state index contributed by atoms with van der Waals surface area (Å²) < 4.78 is 13.1. The summed E-state index contributed by atoms with van der Waals surface area (Å²) in [6, 6.07) is 5.84. The lowest BCUT2D eigenvalue weighted by molar-refractivity contribution is -0.126. The smallest absolute Gasteiger partial charge is 0.239 e. The van der Waals surface area contributed by atoms with Gasteiger partial charge in [0.2, 0.25) is 11.8 Å². The molecule has 0 aromatic heterocycles. The van der Waals surface area contributed by atoms with Gasteiger partial charge in [-0.2, -0.15) is 0 Å². The maximum absolute atomic E-state index is 13.1. The predicted octanol–water partition coefficient (Wildman–Crippen LogP) is 1.51. The average molecular weight is 335 g/mol. The van der Waals surface area contributed by atoms with Gasteiger partial charge in [0.15, 0.2) is 0 Å². The fraction of sp³-hybridized carbons (Fsp3) is 0.556. The third-order valence-electron chi connectivity index (χ3n) is 4.52. The SMILES string of the molecule is NCC(NC(=O)CNC(=O)Cc1cccc(F)c1)C1CCCCC1. The van der Waals surface area contributed by atoms with Gasteiger partial charge in [0, 0.05) is 12.6 Å². The summed E-state index contributed by atoms with van der Waals surface area (Å²) in [4.78, 5) is 23.9. The predicted molar refractivity (Wildman–Crippen MR) is 90.7 cm³/mol. The van der Waals surface area contributed by atoms with E-state index >= 15 is 0 Å². The van der Waals surface area contributed by atoms with Crippen LogP contribution in [0, 0.1) is 11.7 Å². The zero-order chi connectivity index (χ0) is 17.4. The molecule has 24 heavy (non-hydrogen) atoms. The molecule has 0 saturated heterocycles. The summed E-state index contributed by atoms with van der Waals surface area (Å²) in [5.41, 5.74) is 6.37. The van der Waals surface area contributed by atoms with E-state index in [4.69, 9.17) is 5.73 Å². The summed E-state index contributed by atoms with van der Waals surface area (Å²) in [7, 11) is 0. The molecule has 1 saturated carbocycles. The largest absolute Gasteiger partial charge is 0.350 e. The minimum atomic E-state index is -0.378. The van der Waals surface area contributed by atoms with Crippen LogP contribution in [0.3, 0.4) is 0 Å². The van der Waals surface area contributed by atoms with Crippen LogP contribution < -0.4 is 16.4 Å². The van der Waals surface area contributed by atoms with Gasteiger partial charge in [0.05, 0.1) is 13.0 Å². The first-order chi connectivity index (χ1) is 11.6. The first-order valence-corrected chi connectivity index (χ1v) is 8.59. The van der Waals surface area contributed by atoms with Crippen LogP contribution in [0.25, 0.3) is 0 Å². The van der Waals surface area contributed by atoms with Crippen molar-refractivity contribution < 1.29 is 14.0 Å². The van der Waals surface area contributed by atoms with Crippen molar-refractivity contribution in [1.29, 1.82) is 0 Å². The molecule has 132 valence electrons. The van der Waals surface area contributed by atoms with Gasteiger partial charge in [-0.15, -0.1) is 0 Å². The number of amides is 2. The van der Waals surface area contributed by atoms with E-state index in [1.54, 1.807) is 12.1 Å². The molecule has 1 aromatic carbocycles. The summed E-state index contributed by atoms with van der Waals surface area (Å²) in [6.07, 6.45) is 5.84.